The predicted molar refractivity (Wildman–Crippen MR) is 93.1 cm³/mol. The van der Waals surface area contributed by atoms with E-state index in [0.29, 0.717) is 30.3 Å². The number of carbonyl (C=O) groups is 1. The van der Waals surface area contributed by atoms with Gasteiger partial charge in [0.05, 0.1) is 9.82 Å². The van der Waals surface area contributed by atoms with Gasteiger partial charge in [0, 0.05) is 17.7 Å². The number of aryl methyl sites for hydroxylation is 1. The Morgan fingerprint density at radius 2 is 1.81 bits per heavy atom. The largest absolute Gasteiger partial charge is 0.486 e. The first-order chi connectivity index (χ1) is 12.8. The number of carbonyl (C=O) groups excluding carboxylic acids is 1. The lowest BCUT2D eigenvalue weighted by Crippen LogP contribution is -2.41. The van der Waals surface area contributed by atoms with Gasteiger partial charge in [-0.25, -0.2) is 8.42 Å². The minimum atomic E-state index is -4.21. The number of hydrogen-bond donors (Lipinski definition) is 2. The van der Waals surface area contributed by atoms with Crippen LogP contribution >= 0.6 is 0 Å². The average molecular weight is 393 g/mol. The molecule has 1 heterocycles. The normalized spacial score (nSPS) is 13.1. The third-order valence-electron chi connectivity index (χ3n) is 3.78. The molecule has 142 valence electrons. The van der Waals surface area contributed by atoms with Crippen LogP contribution in [0.3, 0.4) is 0 Å². The van der Waals surface area contributed by atoms with Gasteiger partial charge in [-0.05, 0) is 30.7 Å². The van der Waals surface area contributed by atoms with E-state index in [1.165, 1.54) is 31.2 Å². The number of ether oxygens (including phenoxy) is 2. The molecule has 1 amide bonds. The van der Waals surface area contributed by atoms with Gasteiger partial charge in [-0.1, -0.05) is 6.07 Å². The molecule has 2 aromatic rings. The molecule has 2 N–H and O–H groups in total. The van der Waals surface area contributed by atoms with E-state index in [1.807, 2.05) is 4.83 Å². The molecule has 0 bridgehead atoms. The van der Waals surface area contributed by atoms with Crippen molar-refractivity contribution < 1.29 is 27.6 Å². The Balaban J connectivity index is 1.76. The van der Waals surface area contributed by atoms with E-state index in [0.717, 1.165) is 6.07 Å². The molecule has 0 radical (unpaired) electrons. The fraction of sp³-hybridized carbons (Fsp3) is 0.188. The Labute approximate surface area is 154 Å². The van der Waals surface area contributed by atoms with Crippen LogP contribution in [-0.4, -0.2) is 32.5 Å². The lowest BCUT2D eigenvalue weighted by molar-refractivity contribution is -0.385. The summed E-state index contributed by atoms with van der Waals surface area (Å²) in [5.74, 6) is 0.149. The quantitative estimate of drug-likeness (QED) is 0.577. The van der Waals surface area contributed by atoms with Crippen LogP contribution in [0.2, 0.25) is 0 Å². The summed E-state index contributed by atoms with van der Waals surface area (Å²) in [6, 6.07) is 7.86. The van der Waals surface area contributed by atoms with Crippen molar-refractivity contribution in [3.63, 3.8) is 0 Å². The van der Waals surface area contributed by atoms with Gasteiger partial charge in [0.15, 0.2) is 11.5 Å². The third kappa shape index (κ3) is 3.99. The van der Waals surface area contributed by atoms with E-state index in [9.17, 15) is 23.3 Å². The summed E-state index contributed by atoms with van der Waals surface area (Å²) in [5.41, 5.74) is 2.15. The first-order valence-electron chi connectivity index (χ1n) is 7.75. The molecule has 0 spiro atoms. The Morgan fingerprint density at radius 1 is 1.11 bits per heavy atom. The van der Waals surface area contributed by atoms with Gasteiger partial charge >= 0.3 is 0 Å². The van der Waals surface area contributed by atoms with Crippen molar-refractivity contribution in [1.82, 2.24) is 10.3 Å². The van der Waals surface area contributed by atoms with E-state index in [-0.39, 0.29) is 16.1 Å². The zero-order chi connectivity index (χ0) is 19.6. The number of nitrogens with one attached hydrogen (secondary N) is 2. The highest BCUT2D eigenvalue weighted by molar-refractivity contribution is 7.89. The van der Waals surface area contributed by atoms with E-state index in [1.54, 1.807) is 6.07 Å². The minimum Gasteiger partial charge on any atom is -0.486 e. The van der Waals surface area contributed by atoms with Crippen LogP contribution in [0, 0.1) is 17.0 Å². The number of sulfonamides is 1. The molecule has 0 saturated heterocycles. The number of hydrogen-bond acceptors (Lipinski definition) is 7. The van der Waals surface area contributed by atoms with Gasteiger partial charge in [-0.15, -0.1) is 4.83 Å². The van der Waals surface area contributed by atoms with E-state index in [2.05, 4.69) is 5.43 Å². The summed E-state index contributed by atoms with van der Waals surface area (Å²) in [4.78, 5) is 24.0. The maximum atomic E-state index is 12.4. The number of nitro benzene ring substituents is 1. The molecular formula is C16H15N3O7S. The average Bonchev–Trinajstić information content (AvgIpc) is 2.65. The van der Waals surface area contributed by atoms with Gasteiger partial charge in [0.1, 0.15) is 13.2 Å². The number of nitrogens with zero attached hydrogens (tertiary/aromatic N) is 1. The van der Waals surface area contributed by atoms with Gasteiger partial charge in [-0.3, -0.25) is 20.3 Å². The second-order valence-electron chi connectivity index (χ2n) is 5.62. The molecular weight excluding hydrogens is 378 g/mol. The number of fused-ring (bicyclic) bond motifs is 1. The number of benzene rings is 2. The van der Waals surface area contributed by atoms with E-state index in [4.69, 9.17) is 9.47 Å². The Morgan fingerprint density at radius 3 is 2.52 bits per heavy atom. The highest BCUT2D eigenvalue weighted by Gasteiger charge is 2.22. The number of nitro groups is 1. The van der Waals surface area contributed by atoms with Crippen LogP contribution in [0.5, 0.6) is 11.5 Å². The maximum Gasteiger partial charge on any atom is 0.270 e. The van der Waals surface area contributed by atoms with Crippen LogP contribution in [0.4, 0.5) is 5.69 Å². The maximum absolute atomic E-state index is 12.4. The highest BCUT2D eigenvalue weighted by atomic mass is 32.2. The first kappa shape index (κ1) is 18.6. The van der Waals surface area contributed by atoms with Crippen LogP contribution < -0.4 is 19.7 Å². The van der Waals surface area contributed by atoms with Gasteiger partial charge < -0.3 is 9.47 Å². The molecule has 2 aromatic carbocycles. The minimum absolute atomic E-state index is 0.151. The fourth-order valence-electron chi connectivity index (χ4n) is 2.42. The molecule has 1 aliphatic heterocycles. The monoisotopic (exact) mass is 393 g/mol. The number of amides is 1. The van der Waals surface area contributed by atoms with Crippen LogP contribution in [0.25, 0.3) is 0 Å². The Hall–Kier alpha value is -3.18. The van der Waals surface area contributed by atoms with Crippen LogP contribution in [0.15, 0.2) is 41.3 Å². The molecule has 1 aliphatic rings. The fourth-order valence-corrected chi connectivity index (χ4v) is 3.52. The van der Waals surface area contributed by atoms with Crippen molar-refractivity contribution >= 4 is 21.6 Å². The molecule has 11 heteroatoms. The smallest absolute Gasteiger partial charge is 0.270 e. The van der Waals surface area contributed by atoms with Gasteiger partial charge in [0.25, 0.3) is 21.6 Å². The molecule has 0 atom stereocenters. The summed E-state index contributed by atoms with van der Waals surface area (Å²) in [6.45, 7) is 2.23. The predicted octanol–water partition coefficient (Wildman–Crippen LogP) is 1.30. The summed E-state index contributed by atoms with van der Waals surface area (Å²) in [5, 5.41) is 10.9. The SMILES string of the molecule is Cc1ccc([N+](=O)[O-])cc1S(=O)(=O)NNC(=O)c1ccc2c(c1)OCCO2. The zero-order valence-corrected chi connectivity index (χ0v) is 14.9. The van der Waals surface area contributed by atoms with Crippen LogP contribution in [0.1, 0.15) is 15.9 Å². The van der Waals surface area contributed by atoms with Gasteiger partial charge in [-0.2, -0.15) is 0 Å². The molecule has 0 aromatic heterocycles. The number of non-ortho nitro benzene ring substituents is 1. The third-order valence-corrected chi connectivity index (χ3v) is 5.17. The van der Waals surface area contributed by atoms with Crippen molar-refractivity contribution in [2.45, 2.75) is 11.8 Å². The lowest BCUT2D eigenvalue weighted by atomic mass is 10.2. The topological polar surface area (TPSA) is 137 Å². The molecule has 10 nitrogen and oxygen atoms in total. The Bertz CT molecular complexity index is 1020. The highest BCUT2D eigenvalue weighted by Crippen LogP contribution is 2.30. The summed E-state index contributed by atoms with van der Waals surface area (Å²) in [6.07, 6.45) is 0. The summed E-state index contributed by atoms with van der Waals surface area (Å²) < 4.78 is 35.5. The van der Waals surface area contributed by atoms with E-state index < -0.39 is 20.9 Å². The lowest BCUT2D eigenvalue weighted by Gasteiger charge is -2.18. The van der Waals surface area contributed by atoms with Crippen LogP contribution in [-0.2, 0) is 10.0 Å². The van der Waals surface area contributed by atoms with Crippen molar-refractivity contribution in [2.75, 3.05) is 13.2 Å². The van der Waals surface area contributed by atoms with E-state index >= 15 is 0 Å². The van der Waals surface area contributed by atoms with Crippen molar-refractivity contribution in [2.24, 2.45) is 0 Å². The summed E-state index contributed by atoms with van der Waals surface area (Å²) in [7, 11) is -4.21. The van der Waals surface area contributed by atoms with Crippen molar-refractivity contribution in [3.05, 3.63) is 57.6 Å². The number of rotatable bonds is 5. The molecule has 0 unspecified atom stereocenters. The molecule has 3 rings (SSSR count). The van der Waals surface area contributed by atoms with Crippen molar-refractivity contribution in [1.29, 1.82) is 0 Å². The second kappa shape index (κ2) is 7.21. The Kier molecular flexibility index (Phi) is 4.97. The van der Waals surface area contributed by atoms with Gasteiger partial charge in [0.2, 0.25) is 0 Å². The van der Waals surface area contributed by atoms with Crippen molar-refractivity contribution in [3.8, 4) is 11.5 Å². The molecule has 0 saturated carbocycles. The zero-order valence-electron chi connectivity index (χ0n) is 14.1. The first-order valence-corrected chi connectivity index (χ1v) is 9.23. The molecule has 0 fully saturated rings. The molecule has 27 heavy (non-hydrogen) atoms. The molecule has 0 aliphatic carbocycles. The number of hydrazine groups is 1. The standard InChI is InChI=1S/C16H15N3O7S/c1-10-2-4-12(19(21)22)9-15(10)27(23,24)18-17-16(20)11-3-5-13-14(8-11)26-7-6-25-13/h2-5,8-9,18H,6-7H2,1H3,(H,17,20). The second-order valence-corrected chi connectivity index (χ2v) is 7.28. The summed E-state index contributed by atoms with van der Waals surface area (Å²) >= 11 is 0.